The molecule has 1 fully saturated rings. The Balaban J connectivity index is 0.00000288. The summed E-state index contributed by atoms with van der Waals surface area (Å²) in [4.78, 5) is 10.6. The highest BCUT2D eigenvalue weighted by atomic mass is 127. The first-order chi connectivity index (χ1) is 10.9. The number of nitrogens with zero attached hydrogens (tertiary/aromatic N) is 3. The monoisotopic (exact) mass is 487 g/mol. The Labute approximate surface area is 165 Å². The molecule has 0 bridgehead atoms. The van der Waals surface area contributed by atoms with Gasteiger partial charge in [0.2, 0.25) is 0 Å². The first kappa shape index (κ1) is 21.2. The van der Waals surface area contributed by atoms with E-state index < -0.39 is 9.84 Å². The van der Waals surface area contributed by atoms with Crippen molar-refractivity contribution in [1.82, 2.24) is 15.6 Å². The van der Waals surface area contributed by atoms with Crippen molar-refractivity contribution >= 4 is 57.2 Å². The lowest BCUT2D eigenvalue weighted by Gasteiger charge is -2.20. The van der Waals surface area contributed by atoms with Gasteiger partial charge in [-0.25, -0.2) is 13.4 Å². The molecule has 1 aliphatic rings. The van der Waals surface area contributed by atoms with Gasteiger partial charge >= 0.3 is 0 Å². The van der Waals surface area contributed by atoms with E-state index in [4.69, 9.17) is 11.6 Å². The second-order valence-electron chi connectivity index (χ2n) is 5.51. The van der Waals surface area contributed by atoms with Gasteiger partial charge in [-0.1, -0.05) is 11.6 Å². The molecule has 1 aromatic rings. The summed E-state index contributed by atoms with van der Waals surface area (Å²) in [6, 6.07) is 3.85. The molecule has 2 rings (SSSR count). The van der Waals surface area contributed by atoms with Crippen LogP contribution in [0.1, 0.15) is 6.42 Å². The van der Waals surface area contributed by atoms with Crippen LogP contribution in [-0.2, 0) is 9.84 Å². The number of nitrogens with one attached hydrogen (secondary N) is 2. The van der Waals surface area contributed by atoms with Gasteiger partial charge in [0, 0.05) is 45.2 Å². The topological polar surface area (TPSA) is 86.7 Å². The van der Waals surface area contributed by atoms with E-state index in [0.29, 0.717) is 17.5 Å². The second-order valence-corrected chi connectivity index (χ2v) is 8.18. The maximum Gasteiger partial charge on any atom is 0.191 e. The molecular weight excluding hydrogens is 465 g/mol. The Morgan fingerprint density at radius 2 is 2.29 bits per heavy atom. The number of guanidine groups is 1. The van der Waals surface area contributed by atoms with Crippen LogP contribution in [0.4, 0.5) is 5.82 Å². The lowest BCUT2D eigenvalue weighted by Crippen LogP contribution is -2.45. The molecule has 0 spiro atoms. The van der Waals surface area contributed by atoms with Crippen LogP contribution in [-0.4, -0.2) is 64.1 Å². The molecule has 136 valence electrons. The Morgan fingerprint density at radius 1 is 1.54 bits per heavy atom. The van der Waals surface area contributed by atoms with E-state index in [0.717, 1.165) is 25.3 Å². The third-order valence-electron chi connectivity index (χ3n) is 3.56. The molecule has 7 nitrogen and oxygen atoms in total. The van der Waals surface area contributed by atoms with Gasteiger partial charge in [-0.2, -0.15) is 0 Å². The fourth-order valence-electron chi connectivity index (χ4n) is 2.42. The number of aliphatic imine (C=N–C) groups is 1. The lowest BCUT2D eigenvalue weighted by atomic mass is 10.3. The zero-order valence-corrected chi connectivity index (χ0v) is 17.6. The molecular formula is C14H23ClIN5O2S. The number of pyridine rings is 1. The van der Waals surface area contributed by atoms with Crippen molar-refractivity contribution in [2.45, 2.75) is 12.5 Å². The summed E-state index contributed by atoms with van der Waals surface area (Å²) >= 11 is 6.18. The van der Waals surface area contributed by atoms with E-state index in [1.807, 2.05) is 12.1 Å². The minimum absolute atomic E-state index is 0. The summed E-state index contributed by atoms with van der Waals surface area (Å²) in [6.07, 6.45) is 3.88. The standard InChI is InChI=1S/C14H22ClN5O2S.HI/c1-16-14(18-7-9-23(2,21)22)19-11-5-8-20(10-11)13-12(15)4-3-6-17-13;/h3-4,6,11H,5,7-10H2,1-2H3,(H2,16,18,19);1H. The SMILES string of the molecule is CN=C(NCCS(C)(=O)=O)NC1CCN(c2ncccc2Cl)C1.I. The second kappa shape index (κ2) is 9.62. The third kappa shape index (κ3) is 6.60. The van der Waals surface area contributed by atoms with Crippen LogP contribution >= 0.6 is 35.6 Å². The summed E-state index contributed by atoms with van der Waals surface area (Å²) in [5, 5.41) is 6.96. The highest BCUT2D eigenvalue weighted by Gasteiger charge is 2.25. The lowest BCUT2D eigenvalue weighted by molar-refractivity contribution is 0.599. The molecule has 2 heterocycles. The summed E-state index contributed by atoms with van der Waals surface area (Å²) in [5.74, 6) is 1.47. The van der Waals surface area contributed by atoms with Crippen molar-refractivity contribution in [3.05, 3.63) is 23.4 Å². The molecule has 24 heavy (non-hydrogen) atoms. The third-order valence-corrected chi connectivity index (χ3v) is 4.80. The molecule has 0 aliphatic carbocycles. The quantitative estimate of drug-likeness (QED) is 0.368. The van der Waals surface area contributed by atoms with E-state index in [-0.39, 0.29) is 35.8 Å². The molecule has 0 radical (unpaired) electrons. The molecule has 1 aliphatic heterocycles. The highest BCUT2D eigenvalue weighted by molar-refractivity contribution is 14.0. The van der Waals surface area contributed by atoms with E-state index in [2.05, 4.69) is 25.5 Å². The molecule has 1 saturated heterocycles. The number of rotatable bonds is 5. The maximum absolute atomic E-state index is 11.2. The molecule has 10 heteroatoms. The van der Waals surface area contributed by atoms with Crippen LogP contribution in [0.3, 0.4) is 0 Å². The smallest absolute Gasteiger partial charge is 0.191 e. The van der Waals surface area contributed by atoms with Gasteiger partial charge in [0.05, 0.1) is 10.8 Å². The van der Waals surface area contributed by atoms with Gasteiger partial charge in [0.15, 0.2) is 5.96 Å². The van der Waals surface area contributed by atoms with Crippen molar-refractivity contribution in [2.24, 2.45) is 4.99 Å². The van der Waals surface area contributed by atoms with Crippen molar-refractivity contribution in [1.29, 1.82) is 0 Å². The largest absolute Gasteiger partial charge is 0.355 e. The van der Waals surface area contributed by atoms with Crippen LogP contribution in [0.2, 0.25) is 5.02 Å². The molecule has 1 unspecified atom stereocenters. The number of hydrogen-bond donors (Lipinski definition) is 2. The van der Waals surface area contributed by atoms with Crippen molar-refractivity contribution in [2.75, 3.05) is 43.6 Å². The molecule has 1 aromatic heterocycles. The molecule has 2 N–H and O–H groups in total. The average Bonchev–Trinajstić information content (AvgIpc) is 2.93. The van der Waals surface area contributed by atoms with E-state index >= 15 is 0 Å². The van der Waals surface area contributed by atoms with Gasteiger partial charge in [0.25, 0.3) is 0 Å². The van der Waals surface area contributed by atoms with Crippen molar-refractivity contribution < 1.29 is 8.42 Å². The zero-order valence-electron chi connectivity index (χ0n) is 13.7. The first-order valence-electron chi connectivity index (χ1n) is 7.39. The van der Waals surface area contributed by atoms with Gasteiger partial charge in [0.1, 0.15) is 15.7 Å². The predicted octanol–water partition coefficient (Wildman–Crippen LogP) is 1.14. The fraction of sp³-hybridized carbons (Fsp3) is 0.571. The summed E-state index contributed by atoms with van der Waals surface area (Å²) in [5.41, 5.74) is 0. The van der Waals surface area contributed by atoms with Gasteiger partial charge < -0.3 is 15.5 Å². The number of hydrogen-bond acceptors (Lipinski definition) is 5. The van der Waals surface area contributed by atoms with Crippen LogP contribution < -0.4 is 15.5 Å². The van der Waals surface area contributed by atoms with Crippen molar-refractivity contribution in [3.63, 3.8) is 0 Å². The van der Waals surface area contributed by atoms with Crippen LogP contribution in [0.25, 0.3) is 0 Å². The van der Waals surface area contributed by atoms with Crippen LogP contribution in [0.15, 0.2) is 23.3 Å². The molecule has 0 amide bonds. The van der Waals surface area contributed by atoms with Gasteiger partial charge in [-0.3, -0.25) is 4.99 Å². The van der Waals surface area contributed by atoms with E-state index in [9.17, 15) is 8.42 Å². The summed E-state index contributed by atoms with van der Waals surface area (Å²) < 4.78 is 22.3. The molecule has 0 aromatic carbocycles. The molecule has 0 saturated carbocycles. The van der Waals surface area contributed by atoms with Gasteiger partial charge in [-0.05, 0) is 18.6 Å². The van der Waals surface area contributed by atoms with Crippen LogP contribution in [0.5, 0.6) is 0 Å². The summed E-state index contributed by atoms with van der Waals surface area (Å²) in [7, 11) is -1.32. The number of aromatic nitrogens is 1. The Bertz CT molecular complexity index is 671. The minimum atomic E-state index is -2.98. The van der Waals surface area contributed by atoms with Crippen LogP contribution in [0, 0.1) is 0 Å². The van der Waals surface area contributed by atoms with Crippen molar-refractivity contribution in [3.8, 4) is 0 Å². The minimum Gasteiger partial charge on any atom is -0.355 e. The normalized spacial score (nSPS) is 18.2. The zero-order chi connectivity index (χ0) is 16.9. The van der Waals surface area contributed by atoms with E-state index in [1.54, 1.807) is 13.2 Å². The molecule has 1 atom stereocenters. The number of halogens is 2. The number of anilines is 1. The summed E-state index contributed by atoms with van der Waals surface area (Å²) in [6.45, 7) is 1.96. The van der Waals surface area contributed by atoms with Gasteiger partial charge in [-0.15, -0.1) is 24.0 Å². The Kier molecular flexibility index (Phi) is 8.51. The Hall–Kier alpha value is -0.810. The predicted molar refractivity (Wildman–Crippen MR) is 109 cm³/mol. The number of sulfone groups is 1. The first-order valence-corrected chi connectivity index (χ1v) is 9.83. The highest BCUT2D eigenvalue weighted by Crippen LogP contribution is 2.25. The van der Waals surface area contributed by atoms with E-state index in [1.165, 1.54) is 6.26 Å². The fourth-order valence-corrected chi connectivity index (χ4v) is 3.14. The Morgan fingerprint density at radius 3 is 2.92 bits per heavy atom. The maximum atomic E-state index is 11.2. The average molecular weight is 488 g/mol.